The summed E-state index contributed by atoms with van der Waals surface area (Å²) in [5.74, 6) is 1.27. The molecule has 2 aromatic carbocycles. The Hall–Kier alpha value is -3.94. The van der Waals surface area contributed by atoms with Gasteiger partial charge in [-0.1, -0.05) is 0 Å². The number of ketones is 1. The predicted octanol–water partition coefficient (Wildman–Crippen LogP) is 3.45. The van der Waals surface area contributed by atoms with Crippen LogP contribution in [0.3, 0.4) is 0 Å². The van der Waals surface area contributed by atoms with Crippen LogP contribution < -0.4 is 20.1 Å². The Bertz CT molecular complexity index is 1050. The standard InChI is InChI=1S/C21H18N4O4/c1-13(26)14-2-4-16(5-3-14)25-21-22-11-15(12-23-21)20(27)24-17-6-7-18-19(10-17)29-9-8-28-18/h2-7,10-12H,8-9H2,1H3,(H,24,27)(H,22,23,25). The molecule has 2 N–H and O–H groups in total. The van der Waals surface area contributed by atoms with Crippen molar-refractivity contribution < 1.29 is 19.1 Å². The molecule has 0 atom stereocenters. The van der Waals surface area contributed by atoms with Crippen molar-refractivity contribution in [3.8, 4) is 11.5 Å². The monoisotopic (exact) mass is 390 g/mol. The molecule has 0 bridgehead atoms. The summed E-state index contributed by atoms with van der Waals surface area (Å²) in [6.45, 7) is 2.50. The fourth-order valence-electron chi connectivity index (χ4n) is 2.75. The number of benzene rings is 2. The summed E-state index contributed by atoms with van der Waals surface area (Å²) in [4.78, 5) is 32.1. The summed E-state index contributed by atoms with van der Waals surface area (Å²) in [6, 6.07) is 12.2. The van der Waals surface area contributed by atoms with E-state index < -0.39 is 0 Å². The van der Waals surface area contributed by atoms with Gasteiger partial charge in [0, 0.05) is 35.4 Å². The number of amides is 1. The molecule has 1 aromatic heterocycles. The zero-order valence-corrected chi connectivity index (χ0v) is 15.6. The summed E-state index contributed by atoms with van der Waals surface area (Å²) < 4.78 is 11.0. The summed E-state index contributed by atoms with van der Waals surface area (Å²) in [7, 11) is 0. The van der Waals surface area contributed by atoms with Crippen LogP contribution >= 0.6 is 0 Å². The maximum absolute atomic E-state index is 12.4. The van der Waals surface area contributed by atoms with E-state index in [1.165, 1.54) is 19.3 Å². The van der Waals surface area contributed by atoms with Crippen molar-refractivity contribution in [2.45, 2.75) is 6.92 Å². The highest BCUT2D eigenvalue weighted by molar-refractivity contribution is 6.04. The van der Waals surface area contributed by atoms with Gasteiger partial charge in [-0.05, 0) is 43.3 Å². The van der Waals surface area contributed by atoms with Gasteiger partial charge in [0.25, 0.3) is 5.91 Å². The molecule has 0 spiro atoms. The van der Waals surface area contributed by atoms with E-state index in [4.69, 9.17) is 9.47 Å². The normalized spacial score (nSPS) is 12.2. The van der Waals surface area contributed by atoms with Gasteiger partial charge in [-0.2, -0.15) is 0 Å². The fraction of sp³-hybridized carbons (Fsp3) is 0.143. The highest BCUT2D eigenvalue weighted by atomic mass is 16.6. The number of nitrogens with zero attached hydrogens (tertiary/aromatic N) is 2. The number of rotatable bonds is 5. The molecule has 0 saturated carbocycles. The van der Waals surface area contributed by atoms with Gasteiger partial charge in [0.05, 0.1) is 5.56 Å². The molecule has 4 rings (SSSR count). The van der Waals surface area contributed by atoms with Gasteiger partial charge in [-0.25, -0.2) is 9.97 Å². The lowest BCUT2D eigenvalue weighted by molar-refractivity contribution is 0.101. The van der Waals surface area contributed by atoms with Gasteiger partial charge < -0.3 is 20.1 Å². The lowest BCUT2D eigenvalue weighted by atomic mass is 10.1. The number of fused-ring (bicyclic) bond motifs is 1. The van der Waals surface area contributed by atoms with Crippen molar-refractivity contribution in [3.05, 3.63) is 66.0 Å². The SMILES string of the molecule is CC(=O)c1ccc(Nc2ncc(C(=O)Nc3ccc4c(c3)OCCO4)cn2)cc1. The van der Waals surface area contributed by atoms with Crippen molar-refractivity contribution in [3.63, 3.8) is 0 Å². The Kier molecular flexibility index (Phi) is 5.07. The third kappa shape index (κ3) is 4.32. The first-order valence-corrected chi connectivity index (χ1v) is 8.99. The third-order valence-electron chi connectivity index (χ3n) is 4.26. The molecule has 3 aromatic rings. The molecule has 0 saturated heterocycles. The van der Waals surface area contributed by atoms with Crippen LogP contribution in [-0.2, 0) is 0 Å². The van der Waals surface area contributed by atoms with Gasteiger partial charge in [-0.3, -0.25) is 9.59 Å². The molecular formula is C21H18N4O4. The van der Waals surface area contributed by atoms with Crippen LogP contribution in [0.25, 0.3) is 0 Å². The lowest BCUT2D eigenvalue weighted by Gasteiger charge is -2.19. The number of hydrogen-bond acceptors (Lipinski definition) is 7. The van der Waals surface area contributed by atoms with Gasteiger partial charge >= 0.3 is 0 Å². The van der Waals surface area contributed by atoms with E-state index in [1.807, 2.05) is 0 Å². The lowest BCUT2D eigenvalue weighted by Crippen LogP contribution is -2.16. The summed E-state index contributed by atoms with van der Waals surface area (Å²) in [5, 5.41) is 5.81. The second-order valence-electron chi connectivity index (χ2n) is 6.37. The molecule has 1 aliphatic heterocycles. The molecule has 2 heterocycles. The van der Waals surface area contributed by atoms with Gasteiger partial charge in [0.2, 0.25) is 5.95 Å². The largest absolute Gasteiger partial charge is 0.486 e. The first-order chi connectivity index (χ1) is 14.1. The van der Waals surface area contributed by atoms with Crippen LogP contribution in [0.5, 0.6) is 11.5 Å². The first kappa shape index (κ1) is 18.4. The predicted molar refractivity (Wildman–Crippen MR) is 107 cm³/mol. The van der Waals surface area contributed by atoms with E-state index >= 15 is 0 Å². The molecule has 29 heavy (non-hydrogen) atoms. The Labute approximate surface area is 166 Å². The van der Waals surface area contributed by atoms with Crippen LogP contribution in [0.4, 0.5) is 17.3 Å². The van der Waals surface area contributed by atoms with Crippen LogP contribution in [0.1, 0.15) is 27.6 Å². The highest BCUT2D eigenvalue weighted by Gasteiger charge is 2.14. The van der Waals surface area contributed by atoms with E-state index in [0.717, 1.165) is 5.69 Å². The highest BCUT2D eigenvalue weighted by Crippen LogP contribution is 2.32. The Balaban J connectivity index is 1.40. The van der Waals surface area contributed by atoms with Crippen molar-refractivity contribution >= 4 is 29.0 Å². The van der Waals surface area contributed by atoms with E-state index in [-0.39, 0.29) is 11.7 Å². The number of carbonyl (C=O) groups is 2. The molecule has 1 aliphatic rings. The minimum absolute atomic E-state index is 0.00109. The quantitative estimate of drug-likeness (QED) is 0.643. The second kappa shape index (κ2) is 7.97. The number of Topliss-reactive ketones (excluding diaryl/α,β-unsaturated/α-hetero) is 1. The Morgan fingerprint density at radius 3 is 2.21 bits per heavy atom. The zero-order valence-electron chi connectivity index (χ0n) is 15.6. The third-order valence-corrected chi connectivity index (χ3v) is 4.26. The first-order valence-electron chi connectivity index (χ1n) is 8.99. The average Bonchev–Trinajstić information content (AvgIpc) is 2.74. The van der Waals surface area contributed by atoms with E-state index in [9.17, 15) is 9.59 Å². The maximum Gasteiger partial charge on any atom is 0.258 e. The maximum atomic E-state index is 12.4. The Morgan fingerprint density at radius 2 is 1.52 bits per heavy atom. The number of anilines is 3. The Morgan fingerprint density at radius 1 is 0.862 bits per heavy atom. The van der Waals surface area contributed by atoms with E-state index in [0.29, 0.717) is 47.5 Å². The van der Waals surface area contributed by atoms with E-state index in [2.05, 4.69) is 20.6 Å². The number of nitrogens with one attached hydrogen (secondary N) is 2. The van der Waals surface area contributed by atoms with Crippen molar-refractivity contribution in [1.29, 1.82) is 0 Å². The molecule has 0 aliphatic carbocycles. The number of ether oxygens (including phenoxy) is 2. The molecule has 0 fully saturated rings. The number of hydrogen-bond donors (Lipinski definition) is 2. The number of aromatic nitrogens is 2. The van der Waals surface area contributed by atoms with Gasteiger partial charge in [0.1, 0.15) is 13.2 Å². The van der Waals surface area contributed by atoms with Crippen LogP contribution in [-0.4, -0.2) is 34.9 Å². The smallest absolute Gasteiger partial charge is 0.258 e. The molecule has 0 radical (unpaired) electrons. The fourth-order valence-corrected chi connectivity index (χ4v) is 2.75. The van der Waals surface area contributed by atoms with Crippen molar-refractivity contribution in [2.24, 2.45) is 0 Å². The number of carbonyl (C=O) groups excluding carboxylic acids is 2. The summed E-state index contributed by atoms with van der Waals surface area (Å²) >= 11 is 0. The second-order valence-corrected chi connectivity index (χ2v) is 6.37. The van der Waals surface area contributed by atoms with Crippen LogP contribution in [0.2, 0.25) is 0 Å². The average molecular weight is 390 g/mol. The summed E-state index contributed by atoms with van der Waals surface area (Å²) in [6.07, 6.45) is 2.87. The molecule has 0 unspecified atom stereocenters. The van der Waals surface area contributed by atoms with E-state index in [1.54, 1.807) is 42.5 Å². The molecule has 8 nitrogen and oxygen atoms in total. The summed E-state index contributed by atoms with van der Waals surface area (Å²) in [5.41, 5.74) is 2.27. The molecular weight excluding hydrogens is 372 g/mol. The van der Waals surface area contributed by atoms with Gasteiger partial charge in [0.15, 0.2) is 17.3 Å². The minimum Gasteiger partial charge on any atom is -0.486 e. The van der Waals surface area contributed by atoms with Crippen LogP contribution in [0.15, 0.2) is 54.9 Å². The van der Waals surface area contributed by atoms with Crippen molar-refractivity contribution in [1.82, 2.24) is 9.97 Å². The minimum atomic E-state index is -0.334. The molecule has 146 valence electrons. The van der Waals surface area contributed by atoms with Crippen LogP contribution in [0, 0.1) is 0 Å². The topological polar surface area (TPSA) is 102 Å². The van der Waals surface area contributed by atoms with Crippen molar-refractivity contribution in [2.75, 3.05) is 23.8 Å². The molecule has 8 heteroatoms. The van der Waals surface area contributed by atoms with Gasteiger partial charge in [-0.15, -0.1) is 0 Å². The zero-order chi connectivity index (χ0) is 20.2. The molecule has 1 amide bonds.